The standard InChI is InChI=1S/C27H30N2O7S2.CH3/c1-5-28(6-2)18-9-12-21-24(15-18)36-25-16-19(29(7-3)8-4)10-13-22(25)27(21)23-14-11-20(37(30,31)32)17-26(23)38(33,34)35;/h9-17H,5-8H2,1-4H3,(H-,30,31,32,33,34,35);1H3/q;+1/p-1. The second-order valence-electron chi connectivity index (χ2n) is 8.75. The van der Waals surface area contributed by atoms with E-state index in [1.54, 1.807) is 12.1 Å². The first-order chi connectivity index (χ1) is 17.9. The fourth-order valence-electron chi connectivity index (χ4n) is 4.80. The van der Waals surface area contributed by atoms with Crippen LogP contribution in [0.5, 0.6) is 0 Å². The van der Waals surface area contributed by atoms with Crippen LogP contribution in [0.15, 0.2) is 68.8 Å². The molecular weight excluding hydrogens is 540 g/mol. The minimum Gasteiger partial charge on any atom is -0.744 e. The van der Waals surface area contributed by atoms with Crippen molar-refractivity contribution < 1.29 is 30.4 Å². The van der Waals surface area contributed by atoms with Gasteiger partial charge in [0.05, 0.1) is 15.9 Å². The van der Waals surface area contributed by atoms with E-state index in [4.69, 9.17) is 4.42 Å². The van der Waals surface area contributed by atoms with Crippen LogP contribution in [0.1, 0.15) is 27.7 Å². The van der Waals surface area contributed by atoms with Crippen molar-refractivity contribution in [2.45, 2.75) is 37.5 Å². The van der Waals surface area contributed by atoms with Crippen molar-refractivity contribution in [3.8, 4) is 22.5 Å². The van der Waals surface area contributed by atoms with E-state index in [1.807, 2.05) is 52.0 Å². The van der Waals surface area contributed by atoms with Gasteiger partial charge in [0, 0.05) is 60.4 Å². The summed E-state index contributed by atoms with van der Waals surface area (Å²) in [4.78, 5) is 0.550. The highest BCUT2D eigenvalue weighted by Gasteiger charge is 2.23. The van der Waals surface area contributed by atoms with Crippen molar-refractivity contribution in [2.24, 2.45) is 0 Å². The lowest BCUT2D eigenvalue weighted by Gasteiger charge is -2.23. The highest BCUT2D eigenvalue weighted by Crippen LogP contribution is 2.43. The molecule has 9 nitrogen and oxygen atoms in total. The van der Waals surface area contributed by atoms with Crippen LogP contribution in [-0.2, 0) is 20.2 Å². The summed E-state index contributed by atoms with van der Waals surface area (Å²) in [6.45, 7) is 11.2. The first-order valence-corrected chi connectivity index (χ1v) is 15.1. The van der Waals surface area contributed by atoms with Crippen molar-refractivity contribution in [1.29, 1.82) is 0 Å². The van der Waals surface area contributed by atoms with E-state index in [0.717, 1.165) is 43.3 Å². The predicted octanol–water partition coefficient (Wildman–Crippen LogP) is 4.12. The van der Waals surface area contributed by atoms with Gasteiger partial charge in [0.2, 0.25) is 5.36 Å². The molecule has 39 heavy (non-hydrogen) atoms. The lowest BCUT2D eigenvalue weighted by molar-refractivity contribution is 0.461. The molecule has 0 radical (unpaired) electrons. The van der Waals surface area contributed by atoms with E-state index < -0.39 is 30.0 Å². The van der Waals surface area contributed by atoms with E-state index >= 15 is 0 Å². The van der Waals surface area contributed by atoms with E-state index in [0.29, 0.717) is 33.9 Å². The van der Waals surface area contributed by atoms with Gasteiger partial charge in [-0.2, -0.15) is 0 Å². The van der Waals surface area contributed by atoms with Gasteiger partial charge in [-0.15, -0.1) is 0 Å². The maximum absolute atomic E-state index is 12.3. The monoisotopic (exact) mass is 572 g/mol. The molecule has 0 bridgehead atoms. The summed E-state index contributed by atoms with van der Waals surface area (Å²) in [5.74, 6) is 0.461. The van der Waals surface area contributed by atoms with Gasteiger partial charge in [-0.05, 0) is 58.0 Å². The lowest BCUT2D eigenvalue weighted by Crippen LogP contribution is -2.29. The molecule has 1 aliphatic heterocycles. The zero-order valence-corrected chi connectivity index (χ0v) is 24.2. The SMILES string of the molecule is CCN(CC)c1ccc2c(-c3ccc(S(=O)(=O)[O-])cc3S(=O)(=O)[O-])c3ccc(=[N+](CC)CC)cc-3oc2c1.[CH3+]. The zero-order chi connectivity index (χ0) is 27.8. The second kappa shape index (κ2) is 11.4. The third kappa shape index (κ3) is 5.81. The molecule has 0 fully saturated rings. The average molecular weight is 573 g/mol. The molecule has 2 aromatic carbocycles. The molecular formula is C28H32N2O7S2. The Labute approximate surface area is 229 Å². The predicted molar refractivity (Wildman–Crippen MR) is 151 cm³/mol. The van der Waals surface area contributed by atoms with Crippen LogP contribution in [0.4, 0.5) is 5.69 Å². The van der Waals surface area contributed by atoms with Gasteiger partial charge in [0.25, 0.3) is 0 Å². The first kappa shape index (κ1) is 30.2. The first-order valence-electron chi connectivity index (χ1n) is 12.3. The Morgan fingerprint density at radius 1 is 0.795 bits per heavy atom. The van der Waals surface area contributed by atoms with Crippen LogP contribution >= 0.6 is 0 Å². The zero-order valence-electron chi connectivity index (χ0n) is 22.6. The average Bonchev–Trinajstić information content (AvgIpc) is 2.87. The minimum atomic E-state index is -5.16. The molecule has 208 valence electrons. The fourth-order valence-corrected chi connectivity index (χ4v) is 6.08. The van der Waals surface area contributed by atoms with Crippen LogP contribution in [0.25, 0.3) is 33.4 Å². The number of hydrogen-bond acceptors (Lipinski definition) is 8. The molecule has 11 heteroatoms. The van der Waals surface area contributed by atoms with Crippen LogP contribution < -0.4 is 14.8 Å². The van der Waals surface area contributed by atoms with Crippen molar-refractivity contribution in [1.82, 2.24) is 4.58 Å². The van der Waals surface area contributed by atoms with Crippen LogP contribution in [-0.4, -0.2) is 52.1 Å². The van der Waals surface area contributed by atoms with Crippen LogP contribution in [0.2, 0.25) is 0 Å². The summed E-state index contributed by atoms with van der Waals surface area (Å²) in [6, 6.07) is 13.9. The number of hydrogen-bond donors (Lipinski definition) is 0. The summed E-state index contributed by atoms with van der Waals surface area (Å²) in [7, 11) is -10.2. The Bertz CT molecular complexity index is 1770. The Morgan fingerprint density at radius 2 is 1.44 bits per heavy atom. The topological polar surface area (TPSA) is 134 Å². The lowest BCUT2D eigenvalue weighted by atomic mass is 9.93. The van der Waals surface area contributed by atoms with Gasteiger partial charge in [0.1, 0.15) is 44.7 Å². The number of fused-ring (bicyclic) bond motifs is 2. The van der Waals surface area contributed by atoms with Gasteiger partial charge >= 0.3 is 0 Å². The van der Waals surface area contributed by atoms with Crippen LogP contribution in [0, 0.1) is 7.43 Å². The van der Waals surface area contributed by atoms with E-state index in [9.17, 15) is 25.9 Å². The molecule has 0 amide bonds. The number of anilines is 1. The van der Waals surface area contributed by atoms with Gasteiger partial charge in [-0.1, -0.05) is 6.07 Å². The van der Waals surface area contributed by atoms with Crippen molar-refractivity contribution in [3.05, 3.63) is 67.4 Å². The summed E-state index contributed by atoms with van der Waals surface area (Å²) in [5, 5.41) is 1.44. The third-order valence-corrected chi connectivity index (χ3v) is 8.43. The molecule has 4 rings (SSSR count). The molecule has 0 saturated carbocycles. The molecule has 0 saturated heterocycles. The largest absolute Gasteiger partial charge is 0.744 e. The third-order valence-electron chi connectivity index (χ3n) is 6.73. The highest BCUT2D eigenvalue weighted by atomic mass is 32.2. The Hall–Kier alpha value is -3.38. The fraction of sp³-hybridized carbons (Fsp3) is 0.286. The van der Waals surface area contributed by atoms with Crippen molar-refractivity contribution in [3.63, 3.8) is 0 Å². The molecule has 0 atom stereocenters. The molecule has 0 N–H and O–H groups in total. The number of nitrogens with zero attached hydrogens (tertiary/aromatic N) is 2. The van der Waals surface area contributed by atoms with Gasteiger partial charge in [-0.25, -0.2) is 21.4 Å². The summed E-state index contributed by atoms with van der Waals surface area (Å²) in [6.07, 6.45) is 0. The Kier molecular flexibility index (Phi) is 8.81. The minimum absolute atomic E-state index is 0. The summed E-state index contributed by atoms with van der Waals surface area (Å²) >= 11 is 0. The smallest absolute Gasteiger partial charge is 0.203 e. The van der Waals surface area contributed by atoms with Gasteiger partial charge < -0.3 is 18.4 Å². The maximum Gasteiger partial charge on any atom is 0.203 e. The number of benzene rings is 3. The van der Waals surface area contributed by atoms with Gasteiger partial charge in [-0.3, -0.25) is 0 Å². The molecule has 2 aromatic rings. The molecule has 0 unspecified atom stereocenters. The highest BCUT2D eigenvalue weighted by molar-refractivity contribution is 7.86. The Morgan fingerprint density at radius 3 is 2.00 bits per heavy atom. The maximum atomic E-state index is 12.3. The Balaban J connectivity index is 0.00000420. The summed E-state index contributed by atoms with van der Waals surface area (Å²) in [5.41, 5.74) is 2.28. The molecule has 2 aliphatic rings. The number of rotatable bonds is 8. The molecule has 0 aromatic heterocycles. The molecule has 1 heterocycles. The van der Waals surface area contributed by atoms with E-state index in [2.05, 4.69) is 9.48 Å². The van der Waals surface area contributed by atoms with Crippen LogP contribution in [0.3, 0.4) is 0 Å². The molecule has 0 spiro atoms. The van der Waals surface area contributed by atoms with E-state index in [1.165, 1.54) is 6.07 Å². The van der Waals surface area contributed by atoms with Gasteiger partial charge in [0.15, 0.2) is 0 Å². The quantitative estimate of drug-likeness (QED) is 0.133. The second-order valence-corrected chi connectivity index (χ2v) is 11.5. The molecule has 1 aliphatic carbocycles. The van der Waals surface area contributed by atoms with E-state index in [-0.39, 0.29) is 13.0 Å². The normalized spacial score (nSPS) is 11.9. The van der Waals surface area contributed by atoms with Crippen molar-refractivity contribution >= 4 is 36.9 Å². The van der Waals surface area contributed by atoms with Crippen molar-refractivity contribution in [2.75, 3.05) is 31.1 Å². The summed E-state index contributed by atoms with van der Waals surface area (Å²) < 4.78 is 80.3.